The number of benzene rings is 1. The third-order valence-corrected chi connectivity index (χ3v) is 5.02. The summed E-state index contributed by atoms with van der Waals surface area (Å²) in [5, 5.41) is 14.2. The molecule has 0 aromatic heterocycles. The molecule has 6 heteroatoms. The Bertz CT molecular complexity index is 504. The normalized spacial score (nSPS) is 21.2. The number of nitrogens with zero attached hydrogens (tertiary/aromatic N) is 1. The van der Waals surface area contributed by atoms with Crippen molar-refractivity contribution >= 4 is 23.4 Å². The Kier molecular flexibility index (Phi) is 5.61. The third kappa shape index (κ3) is 4.46. The number of hydrogen-bond donors (Lipinski definition) is 1. The molecule has 114 valence electrons. The smallest absolute Gasteiger partial charge is 0.269 e. The second kappa shape index (κ2) is 7.45. The summed E-state index contributed by atoms with van der Waals surface area (Å²) in [4.78, 5) is 22.2. The van der Waals surface area contributed by atoms with Gasteiger partial charge in [0.05, 0.1) is 11.3 Å². The number of hydrogen-bond acceptors (Lipinski definition) is 4. The largest absolute Gasteiger partial charge is 0.352 e. The molecule has 0 heterocycles. The molecule has 1 aromatic carbocycles. The van der Waals surface area contributed by atoms with Crippen molar-refractivity contribution in [1.29, 1.82) is 0 Å². The summed E-state index contributed by atoms with van der Waals surface area (Å²) >= 11 is 1.91. The van der Waals surface area contributed by atoms with Crippen LogP contribution in [-0.4, -0.2) is 27.9 Å². The topological polar surface area (TPSA) is 72.2 Å². The lowest BCUT2D eigenvalue weighted by Gasteiger charge is -2.20. The van der Waals surface area contributed by atoms with Crippen LogP contribution in [0.4, 0.5) is 5.69 Å². The van der Waals surface area contributed by atoms with E-state index in [2.05, 4.69) is 12.2 Å². The maximum Gasteiger partial charge on any atom is 0.269 e. The van der Waals surface area contributed by atoms with Gasteiger partial charge in [0.15, 0.2) is 0 Å². The molecule has 1 aliphatic rings. The van der Waals surface area contributed by atoms with E-state index in [1.807, 2.05) is 11.8 Å². The highest BCUT2D eigenvalue weighted by atomic mass is 32.2. The second-order valence-electron chi connectivity index (χ2n) is 5.20. The molecule has 0 aliphatic heterocycles. The van der Waals surface area contributed by atoms with Crippen molar-refractivity contribution in [1.82, 2.24) is 5.32 Å². The molecule has 1 aliphatic carbocycles. The Balaban J connectivity index is 1.88. The van der Waals surface area contributed by atoms with E-state index in [1.165, 1.54) is 25.0 Å². The SMILES string of the molecule is CCSC1CCCC1NC(=O)Cc1ccc([N+](=O)[O-])cc1. The molecule has 1 saturated carbocycles. The summed E-state index contributed by atoms with van der Waals surface area (Å²) in [6.07, 6.45) is 3.66. The summed E-state index contributed by atoms with van der Waals surface area (Å²) in [7, 11) is 0. The molecule has 2 unspecified atom stereocenters. The van der Waals surface area contributed by atoms with Gasteiger partial charge in [0.25, 0.3) is 5.69 Å². The van der Waals surface area contributed by atoms with E-state index in [-0.39, 0.29) is 24.1 Å². The maximum atomic E-state index is 12.1. The van der Waals surface area contributed by atoms with E-state index in [9.17, 15) is 14.9 Å². The number of carbonyl (C=O) groups is 1. The number of nitro benzene ring substituents is 1. The number of rotatable bonds is 6. The second-order valence-corrected chi connectivity index (χ2v) is 6.72. The summed E-state index contributed by atoms with van der Waals surface area (Å²) in [5.74, 6) is 1.07. The van der Waals surface area contributed by atoms with Gasteiger partial charge in [-0.05, 0) is 24.2 Å². The first-order valence-electron chi connectivity index (χ1n) is 7.24. The zero-order chi connectivity index (χ0) is 15.2. The van der Waals surface area contributed by atoms with Gasteiger partial charge in [0.2, 0.25) is 5.91 Å². The van der Waals surface area contributed by atoms with E-state index >= 15 is 0 Å². The van der Waals surface area contributed by atoms with Crippen molar-refractivity contribution in [2.75, 3.05) is 5.75 Å². The standard InChI is InChI=1S/C15H20N2O3S/c1-2-21-14-5-3-4-13(14)16-15(18)10-11-6-8-12(9-7-11)17(19)20/h6-9,13-14H,2-5,10H2,1H3,(H,16,18). The molecule has 21 heavy (non-hydrogen) atoms. The number of nitrogens with one attached hydrogen (secondary N) is 1. The average Bonchev–Trinajstić information content (AvgIpc) is 2.87. The molecule has 0 spiro atoms. The lowest BCUT2D eigenvalue weighted by atomic mass is 10.1. The fraction of sp³-hybridized carbons (Fsp3) is 0.533. The van der Waals surface area contributed by atoms with Gasteiger partial charge >= 0.3 is 0 Å². The van der Waals surface area contributed by atoms with Crippen molar-refractivity contribution in [3.8, 4) is 0 Å². The van der Waals surface area contributed by atoms with Crippen molar-refractivity contribution < 1.29 is 9.72 Å². The van der Waals surface area contributed by atoms with Gasteiger partial charge in [0.1, 0.15) is 0 Å². The van der Waals surface area contributed by atoms with Gasteiger partial charge in [-0.3, -0.25) is 14.9 Å². The first kappa shape index (κ1) is 15.8. The molecule has 1 fully saturated rings. The molecular formula is C15H20N2O3S. The zero-order valence-corrected chi connectivity index (χ0v) is 12.9. The van der Waals surface area contributed by atoms with Crippen LogP contribution >= 0.6 is 11.8 Å². The highest BCUT2D eigenvalue weighted by Crippen LogP contribution is 2.29. The fourth-order valence-corrected chi connectivity index (χ4v) is 3.88. The van der Waals surface area contributed by atoms with Gasteiger partial charge in [-0.15, -0.1) is 0 Å². The first-order valence-corrected chi connectivity index (χ1v) is 8.29. The van der Waals surface area contributed by atoms with E-state index in [0.29, 0.717) is 5.25 Å². The van der Waals surface area contributed by atoms with Crippen molar-refractivity contribution in [2.45, 2.75) is 43.9 Å². The Morgan fingerprint density at radius 1 is 1.38 bits per heavy atom. The summed E-state index contributed by atoms with van der Waals surface area (Å²) in [6, 6.07) is 6.43. The number of nitro groups is 1. The molecule has 1 aromatic rings. The third-order valence-electron chi connectivity index (χ3n) is 3.69. The first-order chi connectivity index (χ1) is 10.1. The van der Waals surface area contributed by atoms with Crippen LogP contribution in [-0.2, 0) is 11.2 Å². The van der Waals surface area contributed by atoms with E-state index in [4.69, 9.17) is 0 Å². The Labute approximate surface area is 128 Å². The molecular weight excluding hydrogens is 288 g/mol. The van der Waals surface area contributed by atoms with Crippen LogP contribution in [0.25, 0.3) is 0 Å². The molecule has 5 nitrogen and oxygen atoms in total. The summed E-state index contributed by atoms with van der Waals surface area (Å²) in [5.41, 5.74) is 0.852. The Morgan fingerprint density at radius 3 is 2.71 bits per heavy atom. The highest BCUT2D eigenvalue weighted by Gasteiger charge is 2.28. The van der Waals surface area contributed by atoms with E-state index in [0.717, 1.165) is 17.7 Å². The number of thioether (sulfide) groups is 1. The van der Waals surface area contributed by atoms with Gasteiger partial charge in [0, 0.05) is 23.4 Å². The van der Waals surface area contributed by atoms with Crippen LogP contribution in [0.5, 0.6) is 0 Å². The number of carbonyl (C=O) groups excluding carboxylic acids is 1. The van der Waals surface area contributed by atoms with Crippen LogP contribution < -0.4 is 5.32 Å². The maximum absolute atomic E-state index is 12.1. The van der Waals surface area contributed by atoms with Crippen LogP contribution in [0, 0.1) is 10.1 Å². The van der Waals surface area contributed by atoms with Crippen LogP contribution in [0.1, 0.15) is 31.7 Å². The van der Waals surface area contributed by atoms with Gasteiger partial charge in [-0.25, -0.2) is 0 Å². The fourth-order valence-electron chi connectivity index (χ4n) is 2.68. The predicted octanol–water partition coefficient (Wildman–Crippen LogP) is 2.93. The monoisotopic (exact) mass is 308 g/mol. The quantitative estimate of drug-likeness (QED) is 0.648. The van der Waals surface area contributed by atoms with Crippen LogP contribution in [0.2, 0.25) is 0 Å². The van der Waals surface area contributed by atoms with Gasteiger partial charge < -0.3 is 5.32 Å². The van der Waals surface area contributed by atoms with Gasteiger partial charge in [-0.1, -0.05) is 25.5 Å². The molecule has 0 radical (unpaired) electrons. The molecule has 1 N–H and O–H groups in total. The highest BCUT2D eigenvalue weighted by molar-refractivity contribution is 7.99. The Hall–Kier alpha value is -1.56. The molecule has 0 saturated heterocycles. The van der Waals surface area contributed by atoms with Crippen LogP contribution in [0.3, 0.4) is 0 Å². The molecule has 1 amide bonds. The molecule has 0 bridgehead atoms. The molecule has 2 rings (SSSR count). The lowest BCUT2D eigenvalue weighted by Crippen LogP contribution is -2.39. The van der Waals surface area contributed by atoms with Gasteiger partial charge in [-0.2, -0.15) is 11.8 Å². The lowest BCUT2D eigenvalue weighted by molar-refractivity contribution is -0.384. The number of amides is 1. The van der Waals surface area contributed by atoms with Crippen molar-refractivity contribution in [3.05, 3.63) is 39.9 Å². The minimum atomic E-state index is -0.436. The molecule has 2 atom stereocenters. The summed E-state index contributed by atoms with van der Waals surface area (Å²) < 4.78 is 0. The van der Waals surface area contributed by atoms with Crippen molar-refractivity contribution in [3.63, 3.8) is 0 Å². The minimum Gasteiger partial charge on any atom is -0.352 e. The zero-order valence-electron chi connectivity index (χ0n) is 12.1. The van der Waals surface area contributed by atoms with E-state index < -0.39 is 4.92 Å². The minimum absolute atomic E-state index is 0.00236. The van der Waals surface area contributed by atoms with Crippen LogP contribution in [0.15, 0.2) is 24.3 Å². The number of non-ortho nitro benzene ring substituents is 1. The van der Waals surface area contributed by atoms with Crippen molar-refractivity contribution in [2.24, 2.45) is 0 Å². The Morgan fingerprint density at radius 2 is 2.10 bits per heavy atom. The summed E-state index contributed by atoms with van der Waals surface area (Å²) in [6.45, 7) is 2.14. The average molecular weight is 308 g/mol. The van der Waals surface area contributed by atoms with E-state index in [1.54, 1.807) is 12.1 Å². The predicted molar refractivity (Wildman–Crippen MR) is 84.5 cm³/mol.